The van der Waals surface area contributed by atoms with E-state index in [2.05, 4.69) is 33.9 Å². The number of aromatic nitrogens is 1. The highest BCUT2D eigenvalue weighted by molar-refractivity contribution is 7.51. The lowest BCUT2D eigenvalue weighted by molar-refractivity contribution is -0.123. The molecule has 2 atom stereocenters. The van der Waals surface area contributed by atoms with E-state index < -0.39 is 5.82 Å². The summed E-state index contributed by atoms with van der Waals surface area (Å²) in [6, 6.07) is 3.24. The fourth-order valence-corrected chi connectivity index (χ4v) is 5.79. The van der Waals surface area contributed by atoms with Crippen molar-refractivity contribution in [2.45, 2.75) is 26.1 Å². The first kappa shape index (κ1) is 20.4. The van der Waals surface area contributed by atoms with E-state index in [1.54, 1.807) is 19.1 Å². The molecular formula is C23H26FN4O2P. The number of rotatable bonds is 4. The molecule has 162 valence electrons. The van der Waals surface area contributed by atoms with Gasteiger partial charge in [0.2, 0.25) is 0 Å². The molecule has 8 heteroatoms. The molecule has 0 N–H and O–H groups in total. The summed E-state index contributed by atoms with van der Waals surface area (Å²) < 4.78 is 20.0. The molecule has 1 saturated heterocycles. The van der Waals surface area contributed by atoms with Crippen LogP contribution in [-0.2, 0) is 4.79 Å². The number of carbonyl (C=O) groups is 1. The number of fused-ring (bicyclic) bond motifs is 2. The minimum atomic E-state index is -0.423. The van der Waals surface area contributed by atoms with Crippen LogP contribution in [0.1, 0.15) is 24.8 Å². The number of nitrogens with zero attached hydrogens (tertiary/aromatic N) is 4. The molecule has 4 heterocycles. The Hall–Kier alpha value is -2.50. The number of carbonyl (C=O) groups excluding carboxylic acids is 1. The molecule has 1 aromatic carbocycles. The van der Waals surface area contributed by atoms with Gasteiger partial charge in [0.25, 0.3) is 5.91 Å². The van der Waals surface area contributed by atoms with Crippen molar-refractivity contribution in [2.75, 3.05) is 32.7 Å². The summed E-state index contributed by atoms with van der Waals surface area (Å²) in [5, 5.41) is 0.843. The quantitative estimate of drug-likeness (QED) is 0.675. The van der Waals surface area contributed by atoms with Gasteiger partial charge < -0.3 is 14.2 Å². The average molecular weight is 440 g/mol. The van der Waals surface area contributed by atoms with Gasteiger partial charge in [-0.05, 0) is 42.1 Å². The number of amides is 1. The Balaban J connectivity index is 1.36. The first-order valence-corrected chi connectivity index (χ1v) is 11.8. The smallest absolute Gasteiger partial charge is 0.252 e. The highest BCUT2D eigenvalue weighted by Crippen LogP contribution is 2.45. The van der Waals surface area contributed by atoms with Crippen LogP contribution >= 0.6 is 8.58 Å². The van der Waals surface area contributed by atoms with Gasteiger partial charge >= 0.3 is 0 Å². The molecule has 1 amide bonds. The number of hydrogen-bond donors (Lipinski definition) is 0. The second-order valence-corrected chi connectivity index (χ2v) is 9.59. The molecule has 0 radical (unpaired) electrons. The lowest BCUT2D eigenvalue weighted by Crippen LogP contribution is -2.47. The fourth-order valence-electron chi connectivity index (χ4n) is 4.42. The largest absolute Gasteiger partial charge is 0.441 e. The summed E-state index contributed by atoms with van der Waals surface area (Å²) in [4.78, 5) is 23.7. The van der Waals surface area contributed by atoms with Gasteiger partial charge in [-0.15, -0.1) is 0 Å². The molecular weight excluding hydrogens is 414 g/mol. The zero-order valence-electron chi connectivity index (χ0n) is 17.8. The van der Waals surface area contributed by atoms with Gasteiger partial charge in [0.05, 0.1) is 11.5 Å². The molecule has 0 spiro atoms. The van der Waals surface area contributed by atoms with Crippen molar-refractivity contribution in [2.24, 2.45) is 0 Å². The Bertz CT molecular complexity index is 1110. The summed E-state index contributed by atoms with van der Waals surface area (Å²) in [6.07, 6.45) is 9.01. The maximum atomic E-state index is 14.5. The summed E-state index contributed by atoms with van der Waals surface area (Å²) >= 11 is 0. The van der Waals surface area contributed by atoms with Gasteiger partial charge in [0.15, 0.2) is 17.3 Å². The highest BCUT2D eigenvalue weighted by Gasteiger charge is 2.30. The Morgan fingerprint density at radius 2 is 2.06 bits per heavy atom. The lowest BCUT2D eigenvalue weighted by Gasteiger charge is -2.40. The van der Waals surface area contributed by atoms with Crippen LogP contribution in [0.2, 0.25) is 0 Å². The van der Waals surface area contributed by atoms with Gasteiger partial charge in [0, 0.05) is 45.4 Å². The van der Waals surface area contributed by atoms with E-state index in [1.807, 2.05) is 11.1 Å². The van der Waals surface area contributed by atoms with Crippen LogP contribution in [0.3, 0.4) is 0 Å². The molecule has 5 rings (SSSR count). The van der Waals surface area contributed by atoms with E-state index in [4.69, 9.17) is 4.42 Å². The highest BCUT2D eigenvalue weighted by atomic mass is 31.1. The van der Waals surface area contributed by atoms with Crippen LogP contribution in [0.5, 0.6) is 0 Å². The molecule has 2 aromatic rings. The van der Waals surface area contributed by atoms with Crippen LogP contribution in [0, 0.1) is 12.7 Å². The molecule has 31 heavy (non-hydrogen) atoms. The number of piperazine rings is 1. The Kier molecular flexibility index (Phi) is 5.40. The standard InChI is InChI=1S/C23H26FN4O2P/c1-3-6-26-7-9-27(10-8-26)17-4-5-22-28(14-17)21(29)13-20(31-22)16-11-18(24)23-19(12-16)30-15(2)25-23/h4-5,11-14,22,31H,3,6-10H2,1-2H3. The third-order valence-corrected chi connectivity index (χ3v) is 7.50. The van der Waals surface area contributed by atoms with Gasteiger partial charge in [-0.25, -0.2) is 9.37 Å². The molecule has 6 nitrogen and oxygen atoms in total. The number of oxazole rings is 1. The van der Waals surface area contributed by atoms with E-state index in [-0.39, 0.29) is 17.2 Å². The first-order chi connectivity index (χ1) is 15.0. The van der Waals surface area contributed by atoms with Crippen molar-refractivity contribution in [1.29, 1.82) is 0 Å². The third-order valence-electron chi connectivity index (χ3n) is 5.99. The molecule has 1 aromatic heterocycles. The van der Waals surface area contributed by atoms with E-state index in [1.165, 1.54) is 12.5 Å². The molecule has 0 aliphatic carbocycles. The van der Waals surface area contributed by atoms with Gasteiger partial charge in [-0.3, -0.25) is 9.69 Å². The van der Waals surface area contributed by atoms with E-state index in [0.29, 0.717) is 25.6 Å². The van der Waals surface area contributed by atoms with Crippen LogP contribution in [0.15, 0.2) is 46.7 Å². The molecule has 0 bridgehead atoms. The zero-order valence-corrected chi connectivity index (χ0v) is 18.8. The van der Waals surface area contributed by atoms with E-state index >= 15 is 0 Å². The number of halogens is 1. The topological polar surface area (TPSA) is 52.8 Å². The van der Waals surface area contributed by atoms with Crippen molar-refractivity contribution in [1.82, 2.24) is 19.7 Å². The summed E-state index contributed by atoms with van der Waals surface area (Å²) in [5.41, 5.74) is 2.42. The second-order valence-electron chi connectivity index (χ2n) is 8.17. The van der Waals surface area contributed by atoms with Crippen molar-refractivity contribution in [3.8, 4) is 0 Å². The minimum Gasteiger partial charge on any atom is -0.441 e. The van der Waals surface area contributed by atoms with Crippen LogP contribution in [-0.4, -0.2) is 64.1 Å². The number of aryl methyl sites for hydroxylation is 1. The van der Waals surface area contributed by atoms with Crippen LogP contribution < -0.4 is 0 Å². The second kappa shape index (κ2) is 8.21. The molecule has 3 aliphatic heterocycles. The summed E-state index contributed by atoms with van der Waals surface area (Å²) in [5.74, 6) is -0.0994. The monoisotopic (exact) mass is 440 g/mol. The number of hydrogen-bond acceptors (Lipinski definition) is 5. The Labute approximate surface area is 182 Å². The first-order valence-electron chi connectivity index (χ1n) is 10.8. The van der Waals surface area contributed by atoms with E-state index in [9.17, 15) is 9.18 Å². The predicted octanol–water partition coefficient (Wildman–Crippen LogP) is 3.90. The fraction of sp³-hybridized carbons (Fsp3) is 0.391. The molecule has 0 saturated carbocycles. The molecule has 3 aliphatic rings. The zero-order chi connectivity index (χ0) is 21.5. The van der Waals surface area contributed by atoms with Gasteiger partial charge in [-0.1, -0.05) is 21.6 Å². The SMILES string of the molecule is CCCN1CCN(C2=CN3C(=O)C=C(c4cc(F)c5nc(C)oc5c4)PC3C=C2)CC1. The van der Waals surface area contributed by atoms with Crippen LogP contribution in [0.25, 0.3) is 16.4 Å². The van der Waals surface area contributed by atoms with Crippen molar-refractivity contribution in [3.63, 3.8) is 0 Å². The van der Waals surface area contributed by atoms with Crippen molar-refractivity contribution < 1.29 is 13.6 Å². The molecule has 2 unspecified atom stereocenters. The van der Waals surface area contributed by atoms with Gasteiger partial charge in [0.1, 0.15) is 5.52 Å². The third kappa shape index (κ3) is 3.92. The maximum Gasteiger partial charge on any atom is 0.252 e. The summed E-state index contributed by atoms with van der Waals surface area (Å²) in [6.45, 7) is 9.11. The number of benzene rings is 1. The lowest BCUT2D eigenvalue weighted by atomic mass is 10.1. The average Bonchev–Trinajstić information content (AvgIpc) is 3.15. The molecule has 1 fully saturated rings. The predicted molar refractivity (Wildman–Crippen MR) is 121 cm³/mol. The Morgan fingerprint density at radius 1 is 1.26 bits per heavy atom. The Morgan fingerprint density at radius 3 is 2.84 bits per heavy atom. The summed E-state index contributed by atoms with van der Waals surface area (Å²) in [7, 11) is 0.334. The van der Waals surface area contributed by atoms with Gasteiger partial charge in [-0.2, -0.15) is 0 Å². The normalized spacial score (nSPS) is 22.8. The van der Waals surface area contributed by atoms with Crippen molar-refractivity contribution >= 4 is 30.9 Å². The van der Waals surface area contributed by atoms with Crippen molar-refractivity contribution in [3.05, 3.63) is 59.5 Å². The van der Waals surface area contributed by atoms with Crippen LogP contribution in [0.4, 0.5) is 4.39 Å². The minimum absolute atomic E-state index is 0.0344. The van der Waals surface area contributed by atoms with E-state index in [0.717, 1.165) is 43.7 Å². The number of allylic oxidation sites excluding steroid dienone is 1. The maximum absolute atomic E-state index is 14.5.